The highest BCUT2D eigenvalue weighted by molar-refractivity contribution is 6.31. The van der Waals surface area contributed by atoms with Crippen LogP contribution in [0, 0.1) is 11.7 Å². The minimum absolute atomic E-state index is 0. The van der Waals surface area contributed by atoms with Gasteiger partial charge >= 0.3 is 0 Å². The molecule has 3 rings (SSSR count). The molecule has 0 bridgehead atoms. The maximum Gasteiger partial charge on any atom is 0.124 e. The largest absolute Gasteiger partial charge is 0.381 e. The van der Waals surface area contributed by atoms with Crippen molar-refractivity contribution in [2.75, 3.05) is 39.4 Å². The molecule has 3 nitrogen and oxygen atoms in total. The molecule has 1 aromatic rings. The fraction of sp³-hybridized carbons (Fsp3) is 0.625. The van der Waals surface area contributed by atoms with E-state index in [1.165, 1.54) is 12.1 Å². The molecular formula is C16H24Cl3FN2O. The second kappa shape index (κ2) is 10.0. The Kier molecular flexibility index (Phi) is 9.12. The summed E-state index contributed by atoms with van der Waals surface area (Å²) in [5.74, 6) is 0.259. The summed E-state index contributed by atoms with van der Waals surface area (Å²) in [5, 5.41) is 3.93. The lowest BCUT2D eigenvalue weighted by Crippen LogP contribution is -2.47. The molecule has 2 aliphatic heterocycles. The van der Waals surface area contributed by atoms with E-state index in [0.717, 1.165) is 57.8 Å². The molecule has 23 heavy (non-hydrogen) atoms. The van der Waals surface area contributed by atoms with Crippen LogP contribution in [0.4, 0.5) is 4.39 Å². The minimum Gasteiger partial charge on any atom is -0.381 e. The smallest absolute Gasteiger partial charge is 0.124 e. The van der Waals surface area contributed by atoms with Crippen molar-refractivity contribution in [3.05, 3.63) is 34.6 Å². The predicted octanol–water partition coefficient (Wildman–Crippen LogP) is 3.70. The SMILES string of the molecule is Cl.Cl.Fc1ccc([C@H](C2CCOCC2)N2CCNCC2)c(Cl)c1. The van der Waals surface area contributed by atoms with Crippen molar-refractivity contribution in [2.24, 2.45) is 5.92 Å². The first-order valence-electron chi connectivity index (χ1n) is 7.73. The van der Waals surface area contributed by atoms with Crippen molar-refractivity contribution in [3.63, 3.8) is 0 Å². The van der Waals surface area contributed by atoms with E-state index in [-0.39, 0.29) is 36.7 Å². The van der Waals surface area contributed by atoms with E-state index >= 15 is 0 Å². The maximum absolute atomic E-state index is 13.4. The van der Waals surface area contributed by atoms with Gasteiger partial charge in [0, 0.05) is 50.5 Å². The van der Waals surface area contributed by atoms with E-state index in [9.17, 15) is 4.39 Å². The van der Waals surface area contributed by atoms with Gasteiger partial charge in [-0.15, -0.1) is 24.8 Å². The van der Waals surface area contributed by atoms with Gasteiger partial charge < -0.3 is 10.1 Å². The number of nitrogens with one attached hydrogen (secondary N) is 1. The zero-order chi connectivity index (χ0) is 14.7. The Morgan fingerprint density at radius 2 is 1.83 bits per heavy atom. The lowest BCUT2D eigenvalue weighted by atomic mass is 9.85. The van der Waals surface area contributed by atoms with Gasteiger partial charge in [-0.2, -0.15) is 0 Å². The average Bonchev–Trinajstić information content (AvgIpc) is 2.52. The number of hydrogen-bond acceptors (Lipinski definition) is 3. The van der Waals surface area contributed by atoms with Crippen molar-refractivity contribution in [1.82, 2.24) is 10.2 Å². The fourth-order valence-corrected chi connectivity index (χ4v) is 3.76. The van der Waals surface area contributed by atoms with Gasteiger partial charge in [0.25, 0.3) is 0 Å². The fourth-order valence-electron chi connectivity index (χ4n) is 3.48. The Balaban J connectivity index is 0.00000132. The Bertz CT molecular complexity index is 462. The number of nitrogens with zero attached hydrogens (tertiary/aromatic N) is 1. The zero-order valence-corrected chi connectivity index (χ0v) is 15.4. The molecule has 0 saturated carbocycles. The van der Waals surface area contributed by atoms with Gasteiger partial charge in [-0.3, -0.25) is 4.90 Å². The Morgan fingerprint density at radius 3 is 2.43 bits per heavy atom. The van der Waals surface area contributed by atoms with Crippen LogP contribution >= 0.6 is 36.4 Å². The van der Waals surface area contributed by atoms with Crippen molar-refractivity contribution in [1.29, 1.82) is 0 Å². The standard InChI is InChI=1S/C16H22ClFN2O.2ClH/c17-15-11-13(18)1-2-14(15)16(12-3-9-21-10-4-12)20-7-5-19-6-8-20;;/h1-2,11-12,16,19H,3-10H2;2*1H/t16-;;/m0../s1. The normalized spacial score (nSPS) is 21.1. The molecule has 2 heterocycles. The topological polar surface area (TPSA) is 24.5 Å². The first kappa shape index (κ1) is 20.9. The molecule has 2 fully saturated rings. The summed E-state index contributed by atoms with van der Waals surface area (Å²) in [6.45, 7) is 5.64. The highest BCUT2D eigenvalue weighted by atomic mass is 35.5. The van der Waals surface area contributed by atoms with Crippen molar-refractivity contribution in [3.8, 4) is 0 Å². The van der Waals surface area contributed by atoms with Crippen LogP contribution in [0.1, 0.15) is 24.4 Å². The molecule has 0 unspecified atom stereocenters. The molecule has 0 radical (unpaired) electrons. The van der Waals surface area contributed by atoms with Gasteiger partial charge in [-0.05, 0) is 36.5 Å². The van der Waals surface area contributed by atoms with E-state index in [0.29, 0.717) is 10.9 Å². The van der Waals surface area contributed by atoms with Crippen LogP contribution in [0.15, 0.2) is 18.2 Å². The second-order valence-electron chi connectivity index (χ2n) is 5.85. The summed E-state index contributed by atoms with van der Waals surface area (Å²) in [5.41, 5.74) is 1.06. The van der Waals surface area contributed by atoms with Crippen molar-refractivity contribution in [2.45, 2.75) is 18.9 Å². The maximum atomic E-state index is 13.4. The molecule has 1 N–H and O–H groups in total. The molecule has 1 atom stereocenters. The zero-order valence-electron chi connectivity index (χ0n) is 13.0. The van der Waals surface area contributed by atoms with Crippen molar-refractivity contribution >= 4 is 36.4 Å². The molecule has 0 aromatic heterocycles. The summed E-state index contributed by atoms with van der Waals surface area (Å²) in [6.07, 6.45) is 2.09. The van der Waals surface area contributed by atoms with Gasteiger partial charge in [0.2, 0.25) is 0 Å². The monoisotopic (exact) mass is 384 g/mol. The molecule has 2 saturated heterocycles. The Hall–Kier alpha value is -0.100. The van der Waals surface area contributed by atoms with Gasteiger partial charge in [-0.25, -0.2) is 4.39 Å². The van der Waals surface area contributed by atoms with E-state index < -0.39 is 0 Å². The van der Waals surface area contributed by atoms with E-state index in [4.69, 9.17) is 16.3 Å². The average molecular weight is 386 g/mol. The number of halogens is 4. The summed E-state index contributed by atoms with van der Waals surface area (Å²) >= 11 is 6.35. The van der Waals surface area contributed by atoms with Gasteiger partial charge in [0.1, 0.15) is 5.82 Å². The summed E-state index contributed by atoms with van der Waals surface area (Å²) < 4.78 is 18.9. The Labute approximate surface area is 154 Å². The number of rotatable bonds is 3. The second-order valence-corrected chi connectivity index (χ2v) is 6.25. The van der Waals surface area contributed by atoms with Crippen LogP contribution in [-0.4, -0.2) is 44.3 Å². The molecule has 1 aromatic carbocycles. The molecule has 2 aliphatic rings. The number of benzene rings is 1. The van der Waals surface area contributed by atoms with Crippen LogP contribution in [-0.2, 0) is 4.74 Å². The van der Waals surface area contributed by atoms with Crippen LogP contribution in [0.25, 0.3) is 0 Å². The lowest BCUT2D eigenvalue weighted by Gasteiger charge is -2.41. The molecule has 0 spiro atoms. The Morgan fingerprint density at radius 1 is 1.17 bits per heavy atom. The molecule has 132 valence electrons. The molecule has 0 aliphatic carbocycles. The minimum atomic E-state index is -0.269. The van der Waals surface area contributed by atoms with Crippen LogP contribution in [0.5, 0.6) is 0 Å². The van der Waals surface area contributed by atoms with Gasteiger partial charge in [0.15, 0.2) is 0 Å². The summed E-state index contributed by atoms with van der Waals surface area (Å²) in [4.78, 5) is 2.49. The first-order chi connectivity index (χ1) is 10.3. The van der Waals surface area contributed by atoms with Crippen LogP contribution in [0.2, 0.25) is 5.02 Å². The molecule has 0 amide bonds. The number of hydrogen-bond donors (Lipinski definition) is 1. The highest BCUT2D eigenvalue weighted by Crippen LogP contribution is 2.38. The summed E-state index contributed by atoms with van der Waals surface area (Å²) in [6, 6.07) is 5.09. The number of ether oxygens (including phenoxy) is 1. The third-order valence-electron chi connectivity index (χ3n) is 4.54. The predicted molar refractivity (Wildman–Crippen MR) is 96.6 cm³/mol. The third-order valence-corrected chi connectivity index (χ3v) is 4.87. The van der Waals surface area contributed by atoms with Crippen LogP contribution in [0.3, 0.4) is 0 Å². The molecule has 7 heteroatoms. The van der Waals surface area contributed by atoms with E-state index in [2.05, 4.69) is 10.2 Å². The van der Waals surface area contributed by atoms with Gasteiger partial charge in [0.05, 0.1) is 0 Å². The quantitative estimate of drug-likeness (QED) is 0.858. The van der Waals surface area contributed by atoms with E-state index in [1.807, 2.05) is 6.07 Å². The molecular weight excluding hydrogens is 362 g/mol. The van der Waals surface area contributed by atoms with Crippen LogP contribution < -0.4 is 5.32 Å². The lowest BCUT2D eigenvalue weighted by molar-refractivity contribution is 0.0213. The van der Waals surface area contributed by atoms with Crippen molar-refractivity contribution < 1.29 is 9.13 Å². The highest BCUT2D eigenvalue weighted by Gasteiger charge is 2.32. The van der Waals surface area contributed by atoms with Gasteiger partial charge in [-0.1, -0.05) is 17.7 Å². The third kappa shape index (κ3) is 5.18. The first-order valence-corrected chi connectivity index (χ1v) is 8.11. The van der Waals surface area contributed by atoms with E-state index in [1.54, 1.807) is 0 Å². The summed E-state index contributed by atoms with van der Waals surface area (Å²) in [7, 11) is 0. The number of piperazine rings is 1.